The number of halogens is 3. The second-order valence-electron chi connectivity index (χ2n) is 2.35. The number of benzene rings is 1. The van der Waals surface area contributed by atoms with Crippen molar-refractivity contribution in [3.8, 4) is 0 Å². The fourth-order valence-electron chi connectivity index (χ4n) is 0.964. The molecule has 0 bridgehead atoms. The van der Waals surface area contributed by atoms with E-state index in [4.69, 9.17) is 17.3 Å². The first-order valence-electron chi connectivity index (χ1n) is 3.41. The lowest BCUT2D eigenvalue weighted by Crippen LogP contribution is -2.01. The van der Waals surface area contributed by atoms with Crippen LogP contribution in [0.4, 0.5) is 8.78 Å². The maximum Gasteiger partial charge on any atom is 0.264 e. The summed E-state index contributed by atoms with van der Waals surface area (Å²) in [7, 11) is 0. The van der Waals surface area contributed by atoms with Crippen LogP contribution in [0.3, 0.4) is 0 Å². The predicted molar refractivity (Wildman–Crippen MR) is 44.3 cm³/mol. The van der Waals surface area contributed by atoms with Gasteiger partial charge in [0, 0.05) is 17.1 Å². The molecule has 0 atom stereocenters. The van der Waals surface area contributed by atoms with Gasteiger partial charge in [-0.05, 0) is 17.7 Å². The zero-order valence-corrected chi connectivity index (χ0v) is 6.98. The average molecular weight is 192 g/mol. The molecule has 0 amide bonds. The van der Waals surface area contributed by atoms with Gasteiger partial charge in [0.25, 0.3) is 6.43 Å². The molecule has 0 aromatic heterocycles. The van der Waals surface area contributed by atoms with E-state index < -0.39 is 6.43 Å². The van der Waals surface area contributed by atoms with Crippen LogP contribution in [0, 0.1) is 0 Å². The number of hydrogen-bond acceptors (Lipinski definition) is 1. The minimum atomic E-state index is -2.49. The van der Waals surface area contributed by atoms with Crippen molar-refractivity contribution in [3.05, 3.63) is 34.3 Å². The van der Waals surface area contributed by atoms with Gasteiger partial charge in [-0.1, -0.05) is 17.7 Å². The largest absolute Gasteiger partial charge is 0.326 e. The van der Waals surface area contributed by atoms with E-state index in [-0.39, 0.29) is 12.1 Å². The van der Waals surface area contributed by atoms with Crippen LogP contribution >= 0.6 is 11.6 Å². The Balaban J connectivity index is 3.11. The first-order valence-corrected chi connectivity index (χ1v) is 3.79. The minimum Gasteiger partial charge on any atom is -0.326 e. The molecule has 2 N–H and O–H groups in total. The highest BCUT2D eigenvalue weighted by Crippen LogP contribution is 2.25. The van der Waals surface area contributed by atoms with Gasteiger partial charge in [-0.2, -0.15) is 0 Å². The lowest BCUT2D eigenvalue weighted by molar-refractivity contribution is 0.150. The van der Waals surface area contributed by atoms with E-state index in [0.29, 0.717) is 10.6 Å². The van der Waals surface area contributed by atoms with Crippen LogP contribution in [-0.2, 0) is 6.54 Å². The van der Waals surface area contributed by atoms with Crippen LogP contribution < -0.4 is 5.73 Å². The van der Waals surface area contributed by atoms with Crippen molar-refractivity contribution in [2.45, 2.75) is 13.0 Å². The van der Waals surface area contributed by atoms with E-state index in [9.17, 15) is 8.78 Å². The van der Waals surface area contributed by atoms with E-state index in [1.54, 1.807) is 0 Å². The molecule has 0 unspecified atom stereocenters. The van der Waals surface area contributed by atoms with Gasteiger partial charge in [0.05, 0.1) is 0 Å². The van der Waals surface area contributed by atoms with Crippen molar-refractivity contribution in [1.29, 1.82) is 0 Å². The SMILES string of the molecule is NCc1cc(Cl)ccc1C(F)F. The van der Waals surface area contributed by atoms with E-state index in [0.717, 1.165) is 0 Å². The van der Waals surface area contributed by atoms with Crippen molar-refractivity contribution >= 4 is 11.6 Å². The lowest BCUT2D eigenvalue weighted by atomic mass is 10.1. The zero-order valence-electron chi connectivity index (χ0n) is 6.23. The van der Waals surface area contributed by atoms with Crippen molar-refractivity contribution in [3.63, 3.8) is 0 Å². The monoisotopic (exact) mass is 191 g/mol. The maximum atomic E-state index is 12.2. The Morgan fingerprint density at radius 3 is 2.58 bits per heavy atom. The molecule has 0 aliphatic heterocycles. The van der Waals surface area contributed by atoms with E-state index in [1.165, 1.54) is 18.2 Å². The highest BCUT2D eigenvalue weighted by molar-refractivity contribution is 6.30. The molecule has 1 aromatic rings. The highest BCUT2D eigenvalue weighted by Gasteiger charge is 2.11. The topological polar surface area (TPSA) is 26.0 Å². The van der Waals surface area contributed by atoms with Crippen LogP contribution in [-0.4, -0.2) is 0 Å². The van der Waals surface area contributed by atoms with Crippen molar-refractivity contribution in [2.24, 2.45) is 5.73 Å². The van der Waals surface area contributed by atoms with E-state index in [2.05, 4.69) is 0 Å². The molecule has 1 nitrogen and oxygen atoms in total. The Morgan fingerprint density at radius 2 is 2.08 bits per heavy atom. The summed E-state index contributed by atoms with van der Waals surface area (Å²) in [5.41, 5.74) is 5.63. The number of nitrogens with two attached hydrogens (primary N) is 1. The molecule has 0 fully saturated rings. The summed E-state index contributed by atoms with van der Waals surface area (Å²) in [5, 5.41) is 0.430. The predicted octanol–water partition coefficient (Wildman–Crippen LogP) is 2.74. The summed E-state index contributed by atoms with van der Waals surface area (Å²) in [4.78, 5) is 0. The fraction of sp³-hybridized carbons (Fsp3) is 0.250. The molecule has 0 saturated heterocycles. The Morgan fingerprint density at radius 1 is 1.42 bits per heavy atom. The second kappa shape index (κ2) is 3.83. The first-order chi connectivity index (χ1) is 5.65. The zero-order chi connectivity index (χ0) is 9.14. The third kappa shape index (κ3) is 1.93. The van der Waals surface area contributed by atoms with Crippen LogP contribution in [0.5, 0.6) is 0 Å². The third-order valence-corrected chi connectivity index (χ3v) is 1.80. The molecule has 0 aliphatic carbocycles. The Hall–Kier alpha value is -0.670. The van der Waals surface area contributed by atoms with Gasteiger partial charge >= 0.3 is 0 Å². The molecular weight excluding hydrogens is 184 g/mol. The van der Waals surface area contributed by atoms with Crippen LogP contribution in [0.2, 0.25) is 5.02 Å². The second-order valence-corrected chi connectivity index (χ2v) is 2.78. The molecule has 12 heavy (non-hydrogen) atoms. The van der Waals surface area contributed by atoms with Gasteiger partial charge in [-0.25, -0.2) is 8.78 Å². The van der Waals surface area contributed by atoms with Gasteiger partial charge < -0.3 is 5.73 Å². The van der Waals surface area contributed by atoms with Crippen molar-refractivity contribution < 1.29 is 8.78 Å². The molecule has 0 heterocycles. The molecule has 1 aromatic carbocycles. The van der Waals surface area contributed by atoms with E-state index in [1.807, 2.05) is 0 Å². The number of hydrogen-bond donors (Lipinski definition) is 1. The molecule has 0 saturated carbocycles. The molecule has 1 rings (SSSR count). The summed E-state index contributed by atoms with van der Waals surface area (Å²) in [5.74, 6) is 0. The van der Waals surface area contributed by atoms with Crippen molar-refractivity contribution in [2.75, 3.05) is 0 Å². The fourth-order valence-corrected chi connectivity index (χ4v) is 1.16. The summed E-state index contributed by atoms with van der Waals surface area (Å²) in [6.07, 6.45) is -2.49. The lowest BCUT2D eigenvalue weighted by Gasteiger charge is -2.06. The normalized spacial score (nSPS) is 10.8. The van der Waals surface area contributed by atoms with Gasteiger partial charge in [0.1, 0.15) is 0 Å². The minimum absolute atomic E-state index is 0.0399. The summed E-state index contributed by atoms with van der Waals surface area (Å²) >= 11 is 5.60. The van der Waals surface area contributed by atoms with Crippen LogP contribution in [0.15, 0.2) is 18.2 Å². The highest BCUT2D eigenvalue weighted by atomic mass is 35.5. The summed E-state index contributed by atoms with van der Waals surface area (Å²) in [6.45, 7) is 0.0836. The number of rotatable bonds is 2. The Kier molecular flexibility index (Phi) is 3.00. The molecule has 0 spiro atoms. The summed E-state index contributed by atoms with van der Waals surface area (Å²) < 4.78 is 24.5. The maximum absolute atomic E-state index is 12.2. The van der Waals surface area contributed by atoms with Gasteiger partial charge in [0.2, 0.25) is 0 Å². The number of alkyl halides is 2. The molecule has 0 aliphatic rings. The average Bonchev–Trinajstić information content (AvgIpc) is 2.03. The standard InChI is InChI=1S/C8H8ClF2N/c9-6-1-2-7(8(10)11)5(3-6)4-12/h1-3,8H,4,12H2. The Bertz CT molecular complexity index is 276. The quantitative estimate of drug-likeness (QED) is 0.764. The molecular formula is C8H8ClF2N. The smallest absolute Gasteiger partial charge is 0.264 e. The van der Waals surface area contributed by atoms with Gasteiger partial charge in [-0.3, -0.25) is 0 Å². The summed E-state index contributed by atoms with van der Waals surface area (Å²) in [6, 6.07) is 4.19. The van der Waals surface area contributed by atoms with Crippen LogP contribution in [0.1, 0.15) is 17.6 Å². The van der Waals surface area contributed by atoms with Crippen molar-refractivity contribution in [1.82, 2.24) is 0 Å². The third-order valence-electron chi connectivity index (χ3n) is 1.56. The van der Waals surface area contributed by atoms with Gasteiger partial charge in [-0.15, -0.1) is 0 Å². The van der Waals surface area contributed by atoms with E-state index >= 15 is 0 Å². The van der Waals surface area contributed by atoms with Gasteiger partial charge in [0.15, 0.2) is 0 Å². The Labute approximate surface area is 74.1 Å². The molecule has 66 valence electrons. The first kappa shape index (κ1) is 9.42. The molecule has 4 heteroatoms. The molecule has 0 radical (unpaired) electrons. The van der Waals surface area contributed by atoms with Crippen LogP contribution in [0.25, 0.3) is 0 Å².